The number of carbonyl (C=O) groups excluding carboxylic acids is 2. The summed E-state index contributed by atoms with van der Waals surface area (Å²) in [6.45, 7) is 0.331. The summed E-state index contributed by atoms with van der Waals surface area (Å²) in [5.41, 5.74) is 1.00. The van der Waals surface area contributed by atoms with Crippen molar-refractivity contribution in [2.24, 2.45) is 11.8 Å². The normalized spacial score (nSPS) is 21.6. The van der Waals surface area contributed by atoms with Crippen LogP contribution in [0.4, 0.5) is 0 Å². The maximum absolute atomic E-state index is 11.8. The Morgan fingerprint density at radius 3 is 2.38 bits per heavy atom. The van der Waals surface area contributed by atoms with Gasteiger partial charge >= 0.3 is 11.9 Å². The molecule has 1 aromatic carbocycles. The Balaban J connectivity index is 1.68. The van der Waals surface area contributed by atoms with Crippen LogP contribution in [-0.2, 0) is 25.7 Å². The molecule has 1 aromatic rings. The summed E-state index contributed by atoms with van der Waals surface area (Å²) < 4.78 is 10.1. The van der Waals surface area contributed by atoms with Crippen molar-refractivity contribution < 1.29 is 19.1 Å². The van der Waals surface area contributed by atoms with Crippen molar-refractivity contribution in [3.8, 4) is 0 Å². The summed E-state index contributed by atoms with van der Waals surface area (Å²) in [5.74, 6) is 0.0567. The van der Waals surface area contributed by atoms with E-state index in [9.17, 15) is 9.59 Å². The van der Waals surface area contributed by atoms with Crippen LogP contribution in [0.3, 0.4) is 0 Å². The summed E-state index contributed by atoms with van der Waals surface area (Å²) in [7, 11) is 1.43. The third kappa shape index (κ3) is 4.88. The van der Waals surface area contributed by atoms with E-state index in [1.807, 2.05) is 30.3 Å². The molecule has 0 saturated heterocycles. The standard InChI is InChI=1S/C17H22O4/c1-20-17(19)15-9-7-13(8-10-15)11-16(18)21-12-14-5-3-2-4-6-14/h2-6,13,15H,7-12H2,1H3. The predicted octanol–water partition coefficient (Wildman–Crippen LogP) is 3.10. The fraction of sp³-hybridized carbons (Fsp3) is 0.529. The summed E-state index contributed by atoms with van der Waals surface area (Å²) in [6, 6.07) is 9.67. The molecule has 0 N–H and O–H groups in total. The van der Waals surface area contributed by atoms with Gasteiger partial charge in [0.2, 0.25) is 0 Å². The van der Waals surface area contributed by atoms with Gasteiger partial charge in [-0.25, -0.2) is 0 Å². The number of esters is 2. The quantitative estimate of drug-likeness (QED) is 0.782. The average molecular weight is 290 g/mol. The van der Waals surface area contributed by atoms with Crippen molar-refractivity contribution in [2.75, 3.05) is 7.11 Å². The van der Waals surface area contributed by atoms with E-state index in [1.165, 1.54) is 7.11 Å². The first-order valence-electron chi connectivity index (χ1n) is 7.46. The second-order valence-electron chi connectivity index (χ2n) is 5.59. The lowest BCUT2D eigenvalue weighted by molar-refractivity contribution is -0.147. The van der Waals surface area contributed by atoms with Crippen LogP contribution in [0, 0.1) is 11.8 Å². The van der Waals surface area contributed by atoms with Gasteiger partial charge in [0.15, 0.2) is 0 Å². The fourth-order valence-electron chi connectivity index (χ4n) is 2.80. The van der Waals surface area contributed by atoms with Crippen LogP contribution in [0.15, 0.2) is 30.3 Å². The van der Waals surface area contributed by atoms with E-state index in [4.69, 9.17) is 9.47 Å². The molecule has 0 radical (unpaired) electrons. The second kappa shape index (κ2) is 7.81. The lowest BCUT2D eigenvalue weighted by Crippen LogP contribution is -2.24. The number of benzene rings is 1. The summed E-state index contributed by atoms with van der Waals surface area (Å²) in [4.78, 5) is 23.3. The molecule has 114 valence electrons. The lowest BCUT2D eigenvalue weighted by Gasteiger charge is -2.26. The van der Waals surface area contributed by atoms with Gasteiger partial charge in [-0.15, -0.1) is 0 Å². The molecule has 0 aromatic heterocycles. The van der Waals surface area contributed by atoms with E-state index in [2.05, 4.69) is 0 Å². The van der Waals surface area contributed by atoms with Crippen LogP contribution in [0.25, 0.3) is 0 Å². The number of ether oxygens (including phenoxy) is 2. The van der Waals surface area contributed by atoms with Crippen molar-refractivity contribution in [3.05, 3.63) is 35.9 Å². The van der Waals surface area contributed by atoms with E-state index in [1.54, 1.807) is 0 Å². The van der Waals surface area contributed by atoms with Crippen molar-refractivity contribution in [2.45, 2.75) is 38.7 Å². The van der Waals surface area contributed by atoms with Crippen LogP contribution in [0.1, 0.15) is 37.7 Å². The molecule has 0 atom stereocenters. The molecule has 0 bridgehead atoms. The van der Waals surface area contributed by atoms with Crippen LogP contribution >= 0.6 is 0 Å². The Hall–Kier alpha value is -1.84. The first-order chi connectivity index (χ1) is 10.2. The molecule has 0 heterocycles. The van der Waals surface area contributed by atoms with Crippen molar-refractivity contribution in [3.63, 3.8) is 0 Å². The molecule has 1 aliphatic carbocycles. The van der Waals surface area contributed by atoms with Gasteiger partial charge in [0.25, 0.3) is 0 Å². The third-order valence-corrected chi connectivity index (χ3v) is 4.08. The number of rotatable bonds is 5. The number of hydrogen-bond donors (Lipinski definition) is 0. The zero-order valence-electron chi connectivity index (χ0n) is 12.4. The smallest absolute Gasteiger partial charge is 0.308 e. The molecule has 4 heteroatoms. The zero-order chi connectivity index (χ0) is 15.1. The Morgan fingerprint density at radius 2 is 1.76 bits per heavy atom. The topological polar surface area (TPSA) is 52.6 Å². The SMILES string of the molecule is COC(=O)C1CCC(CC(=O)OCc2ccccc2)CC1. The van der Waals surface area contributed by atoms with E-state index in [-0.39, 0.29) is 17.9 Å². The molecule has 4 nitrogen and oxygen atoms in total. The first-order valence-corrected chi connectivity index (χ1v) is 7.46. The lowest BCUT2D eigenvalue weighted by atomic mass is 9.80. The number of carbonyl (C=O) groups is 2. The summed E-state index contributed by atoms with van der Waals surface area (Å²) in [6.07, 6.45) is 3.84. The minimum absolute atomic E-state index is 0.00610. The van der Waals surface area contributed by atoms with Gasteiger partial charge < -0.3 is 9.47 Å². The second-order valence-corrected chi connectivity index (χ2v) is 5.59. The monoisotopic (exact) mass is 290 g/mol. The van der Waals surface area contributed by atoms with Gasteiger partial charge in [0, 0.05) is 6.42 Å². The van der Waals surface area contributed by atoms with Crippen molar-refractivity contribution >= 4 is 11.9 Å². The maximum Gasteiger partial charge on any atom is 0.308 e. The fourth-order valence-corrected chi connectivity index (χ4v) is 2.80. The third-order valence-electron chi connectivity index (χ3n) is 4.08. The van der Waals surface area contributed by atoms with Crippen LogP contribution in [0.2, 0.25) is 0 Å². The molecule has 1 fully saturated rings. The van der Waals surface area contributed by atoms with Gasteiger partial charge in [-0.05, 0) is 37.2 Å². The molecule has 0 unspecified atom stereocenters. The van der Waals surface area contributed by atoms with Gasteiger partial charge in [-0.3, -0.25) is 9.59 Å². The summed E-state index contributed by atoms with van der Waals surface area (Å²) >= 11 is 0. The van der Waals surface area contributed by atoms with Crippen LogP contribution in [0.5, 0.6) is 0 Å². The molecule has 0 spiro atoms. The van der Waals surface area contributed by atoms with E-state index < -0.39 is 0 Å². The van der Waals surface area contributed by atoms with Crippen LogP contribution < -0.4 is 0 Å². The van der Waals surface area contributed by atoms with Gasteiger partial charge in [0.05, 0.1) is 13.0 Å². The molecule has 1 saturated carbocycles. The highest BCUT2D eigenvalue weighted by Crippen LogP contribution is 2.31. The minimum atomic E-state index is -0.152. The molecule has 1 aliphatic rings. The molecular weight excluding hydrogens is 268 g/mol. The highest BCUT2D eigenvalue weighted by molar-refractivity contribution is 5.72. The summed E-state index contributed by atoms with van der Waals surface area (Å²) in [5, 5.41) is 0. The Kier molecular flexibility index (Phi) is 5.78. The highest BCUT2D eigenvalue weighted by Gasteiger charge is 2.28. The molecule has 2 rings (SSSR count). The zero-order valence-corrected chi connectivity index (χ0v) is 12.4. The van der Waals surface area contributed by atoms with Crippen molar-refractivity contribution in [1.29, 1.82) is 0 Å². The maximum atomic E-state index is 11.8. The molecule has 0 amide bonds. The number of hydrogen-bond acceptors (Lipinski definition) is 4. The van der Waals surface area contributed by atoms with Crippen LogP contribution in [-0.4, -0.2) is 19.0 Å². The Morgan fingerprint density at radius 1 is 1.10 bits per heavy atom. The Bertz CT molecular complexity index is 461. The van der Waals surface area contributed by atoms with E-state index >= 15 is 0 Å². The molecule has 0 aliphatic heterocycles. The van der Waals surface area contributed by atoms with E-state index in [0.717, 1.165) is 31.2 Å². The first kappa shape index (κ1) is 15.5. The predicted molar refractivity (Wildman–Crippen MR) is 78.3 cm³/mol. The van der Waals surface area contributed by atoms with E-state index in [0.29, 0.717) is 18.9 Å². The van der Waals surface area contributed by atoms with Gasteiger partial charge in [0.1, 0.15) is 6.61 Å². The largest absolute Gasteiger partial charge is 0.469 e. The molecular formula is C17H22O4. The van der Waals surface area contributed by atoms with Gasteiger partial charge in [-0.1, -0.05) is 30.3 Å². The minimum Gasteiger partial charge on any atom is -0.469 e. The highest BCUT2D eigenvalue weighted by atomic mass is 16.5. The average Bonchev–Trinajstić information content (AvgIpc) is 2.54. The molecule has 21 heavy (non-hydrogen) atoms. The Labute approximate surface area is 125 Å². The number of methoxy groups -OCH3 is 1. The van der Waals surface area contributed by atoms with Gasteiger partial charge in [-0.2, -0.15) is 0 Å². The van der Waals surface area contributed by atoms with Crippen molar-refractivity contribution in [1.82, 2.24) is 0 Å².